The van der Waals surface area contributed by atoms with E-state index in [1.54, 1.807) is 6.08 Å². The van der Waals surface area contributed by atoms with Gasteiger partial charge in [-0.15, -0.1) is 6.58 Å². The monoisotopic (exact) mass is 268 g/mol. The highest BCUT2D eigenvalue weighted by atomic mass is 16.2. The summed E-state index contributed by atoms with van der Waals surface area (Å²) in [4.78, 5) is 27.4. The van der Waals surface area contributed by atoms with Crippen LogP contribution in [0, 0.1) is 5.92 Å². The molecule has 1 heterocycles. The van der Waals surface area contributed by atoms with Crippen LogP contribution in [-0.4, -0.2) is 67.4 Å². The van der Waals surface area contributed by atoms with Crippen LogP contribution in [0.1, 0.15) is 6.92 Å². The fraction of sp³-hybridized carbons (Fsp3) is 0.692. The van der Waals surface area contributed by atoms with Crippen LogP contribution in [0.4, 0.5) is 0 Å². The van der Waals surface area contributed by atoms with E-state index in [1.807, 2.05) is 11.8 Å². The lowest BCUT2D eigenvalue weighted by molar-refractivity contribution is -0.136. The lowest BCUT2D eigenvalue weighted by Gasteiger charge is -2.35. The van der Waals surface area contributed by atoms with Gasteiger partial charge in [0.1, 0.15) is 0 Å². The van der Waals surface area contributed by atoms with Crippen LogP contribution < -0.4 is 11.1 Å². The molecule has 0 aromatic carbocycles. The highest BCUT2D eigenvalue weighted by Crippen LogP contribution is 2.06. The first-order chi connectivity index (χ1) is 9.08. The summed E-state index contributed by atoms with van der Waals surface area (Å²) >= 11 is 0. The molecule has 0 spiro atoms. The van der Waals surface area contributed by atoms with Crippen molar-refractivity contribution >= 4 is 11.8 Å². The molecule has 0 radical (unpaired) electrons. The van der Waals surface area contributed by atoms with Crippen molar-refractivity contribution in [2.75, 3.05) is 45.8 Å². The molecular formula is C13H24N4O2. The van der Waals surface area contributed by atoms with E-state index in [9.17, 15) is 9.59 Å². The Balaban J connectivity index is 2.30. The summed E-state index contributed by atoms with van der Waals surface area (Å²) in [6.07, 6.45) is 1.66. The predicted octanol–water partition coefficient (Wildman–Crippen LogP) is -0.972. The molecule has 6 nitrogen and oxygen atoms in total. The first-order valence-electron chi connectivity index (χ1n) is 6.67. The van der Waals surface area contributed by atoms with E-state index < -0.39 is 0 Å². The van der Waals surface area contributed by atoms with E-state index in [0.29, 0.717) is 32.7 Å². The Bertz CT molecular complexity index is 325. The third-order valence-corrected chi connectivity index (χ3v) is 3.27. The van der Waals surface area contributed by atoms with Gasteiger partial charge in [-0.1, -0.05) is 13.0 Å². The average Bonchev–Trinajstić information content (AvgIpc) is 2.44. The Kier molecular flexibility index (Phi) is 6.52. The Morgan fingerprint density at radius 2 is 2.00 bits per heavy atom. The fourth-order valence-electron chi connectivity index (χ4n) is 1.98. The van der Waals surface area contributed by atoms with Crippen molar-refractivity contribution in [2.24, 2.45) is 11.7 Å². The van der Waals surface area contributed by atoms with Gasteiger partial charge in [0.05, 0.1) is 6.54 Å². The zero-order chi connectivity index (χ0) is 14.3. The third kappa shape index (κ3) is 5.00. The molecule has 1 rings (SSSR count). The lowest BCUT2D eigenvalue weighted by Crippen LogP contribution is -2.52. The van der Waals surface area contributed by atoms with Crippen molar-refractivity contribution in [3.05, 3.63) is 12.7 Å². The van der Waals surface area contributed by atoms with E-state index in [-0.39, 0.29) is 17.7 Å². The molecule has 1 fully saturated rings. The van der Waals surface area contributed by atoms with E-state index >= 15 is 0 Å². The number of hydrogen-bond acceptors (Lipinski definition) is 4. The molecule has 1 aliphatic heterocycles. The molecule has 0 bridgehead atoms. The molecule has 0 aromatic heterocycles. The number of nitrogens with one attached hydrogen (secondary N) is 1. The number of nitrogens with two attached hydrogens (primary N) is 1. The average molecular weight is 268 g/mol. The predicted molar refractivity (Wildman–Crippen MR) is 74.4 cm³/mol. The molecule has 0 aliphatic carbocycles. The Labute approximate surface area is 114 Å². The van der Waals surface area contributed by atoms with Gasteiger partial charge in [-0.25, -0.2) is 0 Å². The first-order valence-corrected chi connectivity index (χ1v) is 6.67. The topological polar surface area (TPSA) is 78.7 Å². The maximum absolute atomic E-state index is 11.9. The van der Waals surface area contributed by atoms with Gasteiger partial charge in [0, 0.05) is 45.2 Å². The molecule has 1 saturated heterocycles. The highest BCUT2D eigenvalue weighted by molar-refractivity contribution is 5.79. The normalized spacial score (nSPS) is 17.9. The third-order valence-electron chi connectivity index (χ3n) is 3.27. The highest BCUT2D eigenvalue weighted by Gasteiger charge is 2.24. The summed E-state index contributed by atoms with van der Waals surface area (Å²) in [5, 5.41) is 2.75. The van der Waals surface area contributed by atoms with Gasteiger partial charge in [0.15, 0.2) is 0 Å². The van der Waals surface area contributed by atoms with E-state index in [2.05, 4.69) is 16.8 Å². The molecule has 0 saturated carbocycles. The van der Waals surface area contributed by atoms with Crippen molar-refractivity contribution in [3.63, 3.8) is 0 Å². The van der Waals surface area contributed by atoms with Crippen LogP contribution >= 0.6 is 0 Å². The summed E-state index contributed by atoms with van der Waals surface area (Å²) < 4.78 is 0. The summed E-state index contributed by atoms with van der Waals surface area (Å²) in [5.41, 5.74) is 5.50. The zero-order valence-electron chi connectivity index (χ0n) is 11.6. The van der Waals surface area contributed by atoms with Gasteiger partial charge in [-0.3, -0.25) is 14.5 Å². The molecule has 0 aromatic rings. The van der Waals surface area contributed by atoms with Gasteiger partial charge in [-0.05, 0) is 0 Å². The number of amides is 2. The Hall–Kier alpha value is -1.40. The first kappa shape index (κ1) is 15.7. The standard InChI is InChI=1S/C13H24N4O2/c1-3-4-15-12(18)10-16-5-7-17(8-6-16)13(19)11(2)9-14/h3,11H,1,4-10,14H2,2H3,(H,15,18). The van der Waals surface area contributed by atoms with E-state index in [0.717, 1.165) is 13.1 Å². The quantitative estimate of drug-likeness (QED) is 0.607. The van der Waals surface area contributed by atoms with Crippen LogP contribution in [0.25, 0.3) is 0 Å². The largest absolute Gasteiger partial charge is 0.352 e. The minimum Gasteiger partial charge on any atom is -0.352 e. The SMILES string of the molecule is C=CCNC(=O)CN1CCN(C(=O)C(C)CN)CC1. The van der Waals surface area contributed by atoms with Crippen molar-refractivity contribution in [3.8, 4) is 0 Å². The fourth-order valence-corrected chi connectivity index (χ4v) is 1.98. The van der Waals surface area contributed by atoms with Crippen molar-refractivity contribution in [2.45, 2.75) is 6.92 Å². The van der Waals surface area contributed by atoms with Crippen LogP contribution in [0.15, 0.2) is 12.7 Å². The molecule has 1 aliphatic rings. The van der Waals surface area contributed by atoms with Crippen molar-refractivity contribution < 1.29 is 9.59 Å². The second-order valence-electron chi connectivity index (χ2n) is 4.83. The second-order valence-corrected chi connectivity index (χ2v) is 4.83. The lowest BCUT2D eigenvalue weighted by atomic mass is 10.1. The zero-order valence-corrected chi connectivity index (χ0v) is 11.6. The van der Waals surface area contributed by atoms with Crippen LogP contribution in [0.3, 0.4) is 0 Å². The molecule has 108 valence electrons. The number of piperazine rings is 1. The maximum Gasteiger partial charge on any atom is 0.234 e. The molecule has 1 unspecified atom stereocenters. The van der Waals surface area contributed by atoms with Gasteiger partial charge < -0.3 is 16.0 Å². The van der Waals surface area contributed by atoms with E-state index in [4.69, 9.17) is 5.73 Å². The number of rotatable bonds is 6. The summed E-state index contributed by atoms with van der Waals surface area (Å²) in [6.45, 7) is 9.42. The van der Waals surface area contributed by atoms with Gasteiger partial charge in [-0.2, -0.15) is 0 Å². The molecule has 19 heavy (non-hydrogen) atoms. The molecular weight excluding hydrogens is 244 g/mol. The minimum atomic E-state index is -0.123. The molecule has 2 amide bonds. The minimum absolute atomic E-state index is 0.00463. The Morgan fingerprint density at radius 3 is 2.53 bits per heavy atom. The van der Waals surface area contributed by atoms with Gasteiger partial charge >= 0.3 is 0 Å². The van der Waals surface area contributed by atoms with Crippen molar-refractivity contribution in [1.82, 2.24) is 15.1 Å². The number of nitrogens with zero attached hydrogens (tertiary/aromatic N) is 2. The second kappa shape index (κ2) is 7.91. The molecule has 3 N–H and O–H groups in total. The number of hydrogen-bond donors (Lipinski definition) is 2. The van der Waals surface area contributed by atoms with Crippen LogP contribution in [0.2, 0.25) is 0 Å². The van der Waals surface area contributed by atoms with Gasteiger partial charge in [0.25, 0.3) is 0 Å². The summed E-state index contributed by atoms with van der Waals surface area (Å²) in [7, 11) is 0. The van der Waals surface area contributed by atoms with E-state index in [1.165, 1.54) is 0 Å². The Morgan fingerprint density at radius 1 is 1.37 bits per heavy atom. The van der Waals surface area contributed by atoms with Crippen LogP contribution in [-0.2, 0) is 9.59 Å². The smallest absolute Gasteiger partial charge is 0.234 e. The summed E-state index contributed by atoms with van der Waals surface area (Å²) in [5.74, 6) is -0.0179. The number of carbonyl (C=O) groups excluding carboxylic acids is 2. The molecule has 6 heteroatoms. The maximum atomic E-state index is 11.9. The van der Waals surface area contributed by atoms with Crippen molar-refractivity contribution in [1.29, 1.82) is 0 Å². The summed E-state index contributed by atoms with van der Waals surface area (Å²) in [6, 6.07) is 0. The van der Waals surface area contributed by atoms with Crippen LogP contribution in [0.5, 0.6) is 0 Å². The molecule has 1 atom stereocenters. The van der Waals surface area contributed by atoms with Gasteiger partial charge in [0.2, 0.25) is 11.8 Å². The number of carbonyl (C=O) groups is 2.